The number of aryl methyl sites for hydroxylation is 1. The van der Waals surface area contributed by atoms with E-state index in [1.165, 1.54) is 9.75 Å². The summed E-state index contributed by atoms with van der Waals surface area (Å²) < 4.78 is 1.92. The van der Waals surface area contributed by atoms with Crippen LogP contribution >= 0.6 is 11.3 Å². The van der Waals surface area contributed by atoms with Crippen molar-refractivity contribution in [2.24, 2.45) is 5.92 Å². The van der Waals surface area contributed by atoms with Crippen molar-refractivity contribution in [3.8, 4) is 0 Å². The Hall–Kier alpha value is -1.27. The molecule has 2 atom stereocenters. The summed E-state index contributed by atoms with van der Waals surface area (Å²) in [6, 6.07) is 4.61. The van der Waals surface area contributed by atoms with Crippen LogP contribution in [0.1, 0.15) is 55.4 Å². The monoisotopic (exact) mass is 293 g/mol. The Morgan fingerprint density at radius 1 is 1.25 bits per heavy atom. The van der Waals surface area contributed by atoms with Crippen LogP contribution in [-0.2, 0) is 0 Å². The van der Waals surface area contributed by atoms with Crippen LogP contribution in [-0.4, -0.2) is 26.8 Å². The van der Waals surface area contributed by atoms with Gasteiger partial charge in [0.1, 0.15) is 0 Å². The number of tetrazole rings is 1. The van der Waals surface area contributed by atoms with Crippen molar-refractivity contribution in [3.63, 3.8) is 0 Å². The van der Waals surface area contributed by atoms with Gasteiger partial charge in [0.25, 0.3) is 0 Å². The summed E-state index contributed by atoms with van der Waals surface area (Å²) >= 11 is 1.80. The number of aromatic nitrogens is 4. The van der Waals surface area contributed by atoms with Crippen LogP contribution in [0.3, 0.4) is 0 Å². The second kappa shape index (κ2) is 6.45. The van der Waals surface area contributed by atoms with Crippen LogP contribution in [0.25, 0.3) is 0 Å². The van der Waals surface area contributed by atoms with E-state index in [2.05, 4.69) is 67.6 Å². The molecule has 0 spiro atoms. The molecule has 2 rings (SSSR count). The smallest absolute Gasteiger partial charge is 0.168 e. The molecule has 5 nitrogen and oxygen atoms in total. The highest BCUT2D eigenvalue weighted by Crippen LogP contribution is 2.26. The van der Waals surface area contributed by atoms with Crippen molar-refractivity contribution in [1.29, 1.82) is 0 Å². The van der Waals surface area contributed by atoms with Gasteiger partial charge in [0.2, 0.25) is 0 Å². The van der Waals surface area contributed by atoms with Crippen molar-refractivity contribution < 1.29 is 0 Å². The lowest BCUT2D eigenvalue weighted by Gasteiger charge is -2.18. The third-order valence-electron chi connectivity index (χ3n) is 3.28. The molecule has 110 valence electrons. The topological polar surface area (TPSA) is 55.6 Å². The van der Waals surface area contributed by atoms with Gasteiger partial charge in [-0.2, -0.15) is 0 Å². The minimum atomic E-state index is 0.149. The fraction of sp³-hybridized carbons (Fsp3) is 0.643. The fourth-order valence-electron chi connectivity index (χ4n) is 2.06. The molecule has 0 bridgehead atoms. The maximum Gasteiger partial charge on any atom is 0.168 e. The lowest BCUT2D eigenvalue weighted by atomic mass is 10.2. The maximum absolute atomic E-state index is 4.19. The standard InChI is InChI=1S/C14H23N5S/c1-9(2)8-15-11(4)14-16-17-18-19(14)12(5)13-7-6-10(3)20-13/h6-7,9,11-12,15H,8H2,1-5H3. The van der Waals surface area contributed by atoms with Crippen molar-refractivity contribution in [1.82, 2.24) is 25.5 Å². The van der Waals surface area contributed by atoms with Gasteiger partial charge in [0.05, 0.1) is 12.1 Å². The van der Waals surface area contributed by atoms with Crippen LogP contribution in [0, 0.1) is 12.8 Å². The quantitative estimate of drug-likeness (QED) is 0.889. The van der Waals surface area contributed by atoms with E-state index in [-0.39, 0.29) is 12.1 Å². The first kappa shape index (κ1) is 15.1. The molecule has 0 radical (unpaired) electrons. The van der Waals surface area contributed by atoms with E-state index in [0.29, 0.717) is 5.92 Å². The van der Waals surface area contributed by atoms with Crippen molar-refractivity contribution in [3.05, 3.63) is 27.7 Å². The summed E-state index contributed by atoms with van der Waals surface area (Å²) in [5, 5.41) is 15.7. The van der Waals surface area contributed by atoms with Crippen molar-refractivity contribution in [2.45, 2.75) is 46.7 Å². The number of hydrogen-bond donors (Lipinski definition) is 1. The first-order valence-corrected chi connectivity index (χ1v) is 7.88. The molecule has 0 saturated heterocycles. The van der Waals surface area contributed by atoms with E-state index in [4.69, 9.17) is 0 Å². The molecular formula is C14H23N5S. The van der Waals surface area contributed by atoms with E-state index in [1.807, 2.05) is 4.68 Å². The maximum atomic E-state index is 4.19. The molecule has 2 aromatic rings. The lowest BCUT2D eigenvalue weighted by molar-refractivity contribution is 0.442. The third-order valence-corrected chi connectivity index (χ3v) is 4.45. The van der Waals surface area contributed by atoms with E-state index < -0.39 is 0 Å². The lowest BCUT2D eigenvalue weighted by Crippen LogP contribution is -2.27. The zero-order valence-corrected chi connectivity index (χ0v) is 13.6. The second-order valence-corrected chi connectivity index (χ2v) is 6.95. The van der Waals surface area contributed by atoms with E-state index in [9.17, 15) is 0 Å². The predicted octanol–water partition coefficient (Wildman–Crippen LogP) is 2.96. The zero-order valence-electron chi connectivity index (χ0n) is 12.8. The van der Waals surface area contributed by atoms with Crippen molar-refractivity contribution >= 4 is 11.3 Å². The highest BCUT2D eigenvalue weighted by molar-refractivity contribution is 7.12. The predicted molar refractivity (Wildman–Crippen MR) is 81.9 cm³/mol. The SMILES string of the molecule is Cc1ccc(C(C)n2nnnc2C(C)NCC(C)C)s1. The van der Waals surface area contributed by atoms with Gasteiger partial charge in [-0.1, -0.05) is 13.8 Å². The highest BCUT2D eigenvalue weighted by atomic mass is 32.1. The van der Waals surface area contributed by atoms with Crippen molar-refractivity contribution in [2.75, 3.05) is 6.54 Å². The summed E-state index contributed by atoms with van der Waals surface area (Å²) in [4.78, 5) is 2.60. The van der Waals surface area contributed by atoms with Gasteiger partial charge in [0, 0.05) is 9.75 Å². The molecule has 0 aliphatic rings. The molecule has 0 aliphatic heterocycles. The van der Waals surface area contributed by atoms with E-state index in [1.54, 1.807) is 11.3 Å². The second-order valence-electron chi connectivity index (χ2n) is 5.63. The van der Waals surface area contributed by atoms with Crippen LogP contribution in [0.15, 0.2) is 12.1 Å². The molecule has 0 aromatic carbocycles. The Labute approximate surface area is 124 Å². The van der Waals surface area contributed by atoms with Gasteiger partial charge in [0.15, 0.2) is 5.82 Å². The molecule has 0 saturated carbocycles. The molecule has 0 aliphatic carbocycles. The first-order valence-electron chi connectivity index (χ1n) is 7.06. The van der Waals surface area contributed by atoms with Gasteiger partial charge in [-0.05, 0) is 55.8 Å². The first-order chi connectivity index (χ1) is 9.49. The number of thiophene rings is 1. The summed E-state index contributed by atoms with van der Waals surface area (Å²) in [7, 11) is 0. The Bertz CT molecular complexity index is 545. The normalized spacial score (nSPS) is 14.7. The Morgan fingerprint density at radius 2 is 2.00 bits per heavy atom. The minimum absolute atomic E-state index is 0.149. The summed E-state index contributed by atoms with van der Waals surface area (Å²) in [6.45, 7) is 11.7. The van der Waals surface area contributed by atoms with Crippen LogP contribution in [0.5, 0.6) is 0 Å². The summed E-state index contributed by atoms with van der Waals surface area (Å²) in [6.07, 6.45) is 0. The molecule has 1 N–H and O–H groups in total. The highest BCUT2D eigenvalue weighted by Gasteiger charge is 2.20. The van der Waals surface area contributed by atoms with Crippen LogP contribution < -0.4 is 5.32 Å². The number of nitrogens with zero attached hydrogens (tertiary/aromatic N) is 4. The van der Waals surface area contributed by atoms with Gasteiger partial charge < -0.3 is 5.32 Å². The Morgan fingerprint density at radius 3 is 2.60 bits per heavy atom. The van der Waals surface area contributed by atoms with Crippen LogP contribution in [0.4, 0.5) is 0 Å². The molecular weight excluding hydrogens is 270 g/mol. The number of rotatable bonds is 6. The van der Waals surface area contributed by atoms with Gasteiger partial charge >= 0.3 is 0 Å². The number of nitrogens with one attached hydrogen (secondary N) is 1. The molecule has 0 amide bonds. The van der Waals surface area contributed by atoms with E-state index in [0.717, 1.165) is 12.4 Å². The fourth-order valence-corrected chi connectivity index (χ4v) is 2.98. The van der Waals surface area contributed by atoms with Crippen LogP contribution in [0.2, 0.25) is 0 Å². The molecule has 2 aromatic heterocycles. The minimum Gasteiger partial charge on any atom is -0.307 e. The Kier molecular flexibility index (Phi) is 4.88. The zero-order chi connectivity index (χ0) is 14.7. The molecule has 6 heteroatoms. The summed E-state index contributed by atoms with van der Waals surface area (Å²) in [5.74, 6) is 1.50. The largest absolute Gasteiger partial charge is 0.307 e. The average molecular weight is 293 g/mol. The average Bonchev–Trinajstić information content (AvgIpc) is 3.03. The molecule has 2 unspecified atom stereocenters. The van der Waals surface area contributed by atoms with Gasteiger partial charge in [-0.15, -0.1) is 16.4 Å². The molecule has 0 fully saturated rings. The van der Waals surface area contributed by atoms with Gasteiger partial charge in [-0.25, -0.2) is 4.68 Å². The molecule has 2 heterocycles. The summed E-state index contributed by atoms with van der Waals surface area (Å²) in [5.41, 5.74) is 0. The third kappa shape index (κ3) is 3.43. The number of hydrogen-bond acceptors (Lipinski definition) is 5. The Balaban J connectivity index is 2.15. The van der Waals surface area contributed by atoms with Gasteiger partial charge in [-0.3, -0.25) is 0 Å². The molecule has 20 heavy (non-hydrogen) atoms. The van der Waals surface area contributed by atoms with E-state index >= 15 is 0 Å².